The molecule has 0 fully saturated rings. The molecule has 0 radical (unpaired) electrons. The Morgan fingerprint density at radius 3 is 1.87 bits per heavy atom. The monoisotopic (exact) mass is 282 g/mol. The fourth-order valence-corrected chi connectivity index (χ4v) is 4.23. The van der Waals surface area contributed by atoms with Gasteiger partial charge in [-0.3, -0.25) is 8.75 Å². The van der Waals surface area contributed by atoms with Crippen LogP contribution >= 0.6 is 8.03 Å². The van der Waals surface area contributed by atoms with E-state index in [0.717, 1.165) is 14.2 Å². The molecule has 0 saturated carbocycles. The summed E-state index contributed by atoms with van der Waals surface area (Å²) in [4.78, 5) is 0. The number of rotatable bonds is 6. The molecule has 0 aromatic heterocycles. The molecule has 11 heteroatoms. The first kappa shape index (κ1) is 15.0. The van der Waals surface area contributed by atoms with Crippen molar-refractivity contribution in [3.8, 4) is 0 Å². The molecule has 92 valence electrons. The maximum atomic E-state index is 11.1. The van der Waals surface area contributed by atoms with E-state index in [1.807, 2.05) is 0 Å². The van der Waals surface area contributed by atoms with Gasteiger partial charge in [-0.15, -0.1) is 0 Å². The maximum Gasteiger partial charge on any atom is 0.401 e. The Kier molecular flexibility index (Phi) is 5.38. The van der Waals surface area contributed by atoms with Crippen LogP contribution in [0.3, 0.4) is 0 Å². The van der Waals surface area contributed by atoms with Crippen LogP contribution in [0.5, 0.6) is 0 Å². The minimum Gasteiger partial charge on any atom is -0.331 e. The highest BCUT2D eigenvalue weighted by Crippen LogP contribution is 2.33. The van der Waals surface area contributed by atoms with Gasteiger partial charge in [-0.1, -0.05) is 0 Å². The van der Waals surface area contributed by atoms with Gasteiger partial charge in [0.15, 0.2) is 9.84 Å². The van der Waals surface area contributed by atoms with Crippen LogP contribution in [-0.4, -0.2) is 42.5 Å². The van der Waals surface area contributed by atoms with Crippen molar-refractivity contribution in [2.24, 2.45) is 0 Å². The molecule has 0 spiro atoms. The summed E-state index contributed by atoms with van der Waals surface area (Å²) in [6.07, 6.45) is 0.671. The summed E-state index contributed by atoms with van der Waals surface area (Å²) in [7, 11) is -9.92. The normalized spacial score (nSPS) is 17.3. The Morgan fingerprint density at radius 2 is 1.60 bits per heavy atom. The Balaban J connectivity index is 5.10. The van der Waals surface area contributed by atoms with Crippen LogP contribution in [0.2, 0.25) is 0 Å². The van der Waals surface area contributed by atoms with Gasteiger partial charge in [0.2, 0.25) is 8.03 Å². The highest BCUT2D eigenvalue weighted by Gasteiger charge is 2.33. The largest absolute Gasteiger partial charge is 0.401 e. The minimum atomic E-state index is -4.49. The van der Waals surface area contributed by atoms with Crippen molar-refractivity contribution in [2.75, 3.05) is 20.5 Å². The summed E-state index contributed by atoms with van der Waals surface area (Å²) in [6.45, 7) is 0. The SMILES string of the molecule is CO[PH](=O)C(OS(=O)(=O)OC)S(C)(=O)=O. The summed E-state index contributed by atoms with van der Waals surface area (Å²) < 4.78 is 66.9. The van der Waals surface area contributed by atoms with E-state index in [4.69, 9.17) is 0 Å². The molecular formula is C4H11O8PS2. The van der Waals surface area contributed by atoms with E-state index in [9.17, 15) is 21.4 Å². The molecule has 0 rings (SSSR count). The molecule has 15 heavy (non-hydrogen) atoms. The van der Waals surface area contributed by atoms with Crippen LogP contribution in [0.1, 0.15) is 0 Å². The molecule has 2 unspecified atom stereocenters. The van der Waals surface area contributed by atoms with Crippen molar-refractivity contribution in [3.05, 3.63) is 0 Å². The number of sulfone groups is 1. The van der Waals surface area contributed by atoms with E-state index in [1.165, 1.54) is 0 Å². The van der Waals surface area contributed by atoms with Crippen molar-refractivity contribution in [1.82, 2.24) is 0 Å². The smallest absolute Gasteiger partial charge is 0.331 e. The van der Waals surface area contributed by atoms with Gasteiger partial charge >= 0.3 is 10.4 Å². The second-order valence-electron chi connectivity index (χ2n) is 2.36. The molecule has 0 amide bonds. The fraction of sp³-hybridized carbons (Fsp3) is 1.00. The van der Waals surface area contributed by atoms with E-state index in [0.29, 0.717) is 6.26 Å². The van der Waals surface area contributed by atoms with E-state index < -0.39 is 33.4 Å². The van der Waals surface area contributed by atoms with Gasteiger partial charge in [0.05, 0.1) is 7.11 Å². The third-order valence-electron chi connectivity index (χ3n) is 1.19. The van der Waals surface area contributed by atoms with Crippen molar-refractivity contribution < 1.29 is 34.3 Å². The highest BCUT2D eigenvalue weighted by molar-refractivity contribution is 7.97. The highest BCUT2D eigenvalue weighted by atomic mass is 32.3. The Morgan fingerprint density at radius 1 is 1.13 bits per heavy atom. The molecule has 0 aliphatic heterocycles. The zero-order valence-electron chi connectivity index (χ0n) is 8.16. The molecule has 2 atom stereocenters. The topological polar surface area (TPSA) is 113 Å². The van der Waals surface area contributed by atoms with E-state index >= 15 is 0 Å². The number of hydrogen-bond donors (Lipinski definition) is 0. The van der Waals surface area contributed by atoms with Crippen LogP contribution in [0.15, 0.2) is 0 Å². The van der Waals surface area contributed by atoms with Gasteiger partial charge in [-0.25, -0.2) is 12.6 Å². The third kappa shape index (κ3) is 5.05. The van der Waals surface area contributed by atoms with Gasteiger partial charge in [0.1, 0.15) is 0 Å². The lowest BCUT2D eigenvalue weighted by Crippen LogP contribution is -2.24. The molecule has 0 aliphatic rings. The van der Waals surface area contributed by atoms with Crippen molar-refractivity contribution in [2.45, 2.75) is 5.18 Å². The average Bonchev–Trinajstić information content (AvgIpc) is 2.11. The summed E-state index contributed by atoms with van der Waals surface area (Å²) in [6, 6.07) is 0. The van der Waals surface area contributed by atoms with Gasteiger partial charge in [0.25, 0.3) is 5.18 Å². The van der Waals surface area contributed by atoms with Gasteiger partial charge in [0, 0.05) is 13.4 Å². The fourth-order valence-electron chi connectivity index (χ4n) is 0.528. The van der Waals surface area contributed by atoms with Crippen LogP contribution in [0.4, 0.5) is 0 Å². The molecule has 0 bridgehead atoms. The Hall–Kier alpha value is 0.01000. The lowest BCUT2D eigenvalue weighted by molar-refractivity contribution is 0.245. The summed E-state index contributed by atoms with van der Waals surface area (Å²) in [5.41, 5.74) is 0. The predicted molar refractivity (Wildman–Crippen MR) is 51.7 cm³/mol. The van der Waals surface area contributed by atoms with Crippen molar-refractivity contribution in [3.63, 3.8) is 0 Å². The van der Waals surface area contributed by atoms with Crippen molar-refractivity contribution >= 4 is 28.3 Å². The quantitative estimate of drug-likeness (QED) is 0.590. The zero-order chi connectivity index (χ0) is 12.3. The maximum absolute atomic E-state index is 11.1. The summed E-state index contributed by atoms with van der Waals surface area (Å²) >= 11 is 0. The molecular weight excluding hydrogens is 271 g/mol. The molecule has 0 N–H and O–H groups in total. The van der Waals surface area contributed by atoms with E-state index in [1.54, 1.807) is 0 Å². The summed E-state index contributed by atoms with van der Waals surface area (Å²) in [5.74, 6) is 0. The molecule has 0 heterocycles. The van der Waals surface area contributed by atoms with Crippen LogP contribution in [0, 0.1) is 0 Å². The Bertz CT molecular complexity index is 422. The van der Waals surface area contributed by atoms with Gasteiger partial charge in [-0.05, 0) is 0 Å². The average molecular weight is 282 g/mol. The predicted octanol–water partition coefficient (Wildman–Crippen LogP) is -0.656. The standard InChI is InChI=1S/C4H11O8PS2/c1-10-13(5)4(14(3,6)7)12-15(8,9)11-2/h4,13H,1-3H3. The lowest BCUT2D eigenvalue weighted by atomic mass is 11.7. The molecule has 0 aromatic carbocycles. The van der Waals surface area contributed by atoms with Gasteiger partial charge < -0.3 is 4.52 Å². The number of hydrogen-bond acceptors (Lipinski definition) is 8. The first-order valence-electron chi connectivity index (χ1n) is 3.39. The second kappa shape index (κ2) is 5.37. The van der Waals surface area contributed by atoms with Crippen molar-refractivity contribution in [1.29, 1.82) is 0 Å². The first-order chi connectivity index (χ1) is 6.64. The van der Waals surface area contributed by atoms with Crippen LogP contribution < -0.4 is 0 Å². The van der Waals surface area contributed by atoms with Gasteiger partial charge in [-0.2, -0.15) is 8.42 Å². The first-order valence-corrected chi connectivity index (χ1v) is 8.07. The Labute approximate surface area is 88.6 Å². The summed E-state index contributed by atoms with van der Waals surface area (Å²) in [5, 5.41) is -2.07. The van der Waals surface area contributed by atoms with Crippen LogP contribution in [-0.2, 0) is 37.7 Å². The zero-order valence-corrected chi connectivity index (χ0v) is 10.8. The van der Waals surface area contributed by atoms with Crippen LogP contribution in [0.25, 0.3) is 0 Å². The third-order valence-corrected chi connectivity index (χ3v) is 5.96. The molecule has 0 saturated heterocycles. The second-order valence-corrected chi connectivity index (χ2v) is 7.77. The minimum absolute atomic E-state index is 0.671. The van der Waals surface area contributed by atoms with E-state index in [-0.39, 0.29) is 0 Å². The molecule has 8 nitrogen and oxygen atoms in total. The lowest BCUT2D eigenvalue weighted by Gasteiger charge is -2.12. The molecule has 0 aromatic rings. The molecule has 0 aliphatic carbocycles. The van der Waals surface area contributed by atoms with E-state index in [2.05, 4.69) is 12.9 Å².